The maximum Gasteiger partial charge on any atom is 0.137 e. The van der Waals surface area contributed by atoms with E-state index < -0.39 is 6.10 Å². The van der Waals surface area contributed by atoms with Gasteiger partial charge in [0.1, 0.15) is 11.9 Å². The topological polar surface area (TPSA) is 74.9 Å². The molecule has 0 amide bonds. The summed E-state index contributed by atoms with van der Waals surface area (Å²) in [6.45, 7) is 2.02. The average molecular weight is 252 g/mol. The van der Waals surface area contributed by atoms with Gasteiger partial charge in [0.05, 0.1) is 10.7 Å². The number of nitrogens with zero attached hydrogens (tertiary/aromatic N) is 1. The second kappa shape index (κ2) is 4.87. The molecule has 5 heteroatoms. The highest BCUT2D eigenvalue weighted by Gasteiger charge is 2.15. The number of imidazole rings is 1. The molecule has 0 spiro atoms. The number of H-pyrrole nitrogens is 1. The third-order valence-electron chi connectivity index (χ3n) is 2.57. The molecular formula is C12H14ClN3O. The molecule has 2 rings (SSSR count). The lowest BCUT2D eigenvalue weighted by Gasteiger charge is -2.02. The van der Waals surface area contributed by atoms with Gasteiger partial charge in [-0.15, -0.1) is 0 Å². The molecule has 0 aliphatic carbocycles. The van der Waals surface area contributed by atoms with E-state index in [1.165, 1.54) is 0 Å². The Bertz CT molecular complexity index is 524. The Morgan fingerprint density at radius 2 is 2.18 bits per heavy atom. The molecule has 0 saturated carbocycles. The van der Waals surface area contributed by atoms with Crippen molar-refractivity contribution < 1.29 is 5.11 Å². The maximum atomic E-state index is 9.63. The number of aryl methyl sites for hydroxylation is 1. The monoisotopic (exact) mass is 251 g/mol. The van der Waals surface area contributed by atoms with E-state index in [9.17, 15) is 5.11 Å². The molecule has 0 fully saturated rings. The zero-order chi connectivity index (χ0) is 12.4. The molecule has 1 aromatic heterocycles. The molecule has 1 unspecified atom stereocenters. The third kappa shape index (κ3) is 2.34. The van der Waals surface area contributed by atoms with Crippen molar-refractivity contribution >= 4 is 11.6 Å². The summed E-state index contributed by atoms with van der Waals surface area (Å²) < 4.78 is 0. The van der Waals surface area contributed by atoms with E-state index in [4.69, 9.17) is 17.3 Å². The van der Waals surface area contributed by atoms with Crippen molar-refractivity contribution in [3.63, 3.8) is 0 Å². The number of aliphatic hydroxyl groups excluding tert-OH is 1. The van der Waals surface area contributed by atoms with Crippen LogP contribution >= 0.6 is 11.6 Å². The first-order chi connectivity index (χ1) is 8.13. The predicted molar refractivity (Wildman–Crippen MR) is 67.8 cm³/mol. The molecule has 90 valence electrons. The fourth-order valence-electron chi connectivity index (χ4n) is 1.67. The van der Waals surface area contributed by atoms with Crippen LogP contribution in [0.4, 0.5) is 0 Å². The fraction of sp³-hybridized carbons (Fsp3) is 0.250. The Morgan fingerprint density at radius 1 is 1.47 bits per heavy atom. The van der Waals surface area contributed by atoms with E-state index >= 15 is 0 Å². The van der Waals surface area contributed by atoms with E-state index in [1.807, 2.05) is 31.2 Å². The summed E-state index contributed by atoms with van der Waals surface area (Å²) in [7, 11) is 0. The van der Waals surface area contributed by atoms with Crippen molar-refractivity contribution in [1.82, 2.24) is 9.97 Å². The van der Waals surface area contributed by atoms with Crippen LogP contribution in [-0.2, 0) is 0 Å². The van der Waals surface area contributed by atoms with Gasteiger partial charge in [-0.3, -0.25) is 0 Å². The molecule has 2 aromatic rings. The van der Waals surface area contributed by atoms with Crippen molar-refractivity contribution in [1.29, 1.82) is 0 Å². The van der Waals surface area contributed by atoms with Gasteiger partial charge in [-0.1, -0.05) is 29.8 Å². The molecule has 1 atom stereocenters. The van der Waals surface area contributed by atoms with Gasteiger partial charge in [0, 0.05) is 17.8 Å². The highest BCUT2D eigenvalue weighted by atomic mass is 35.5. The van der Waals surface area contributed by atoms with Gasteiger partial charge in [-0.25, -0.2) is 4.98 Å². The first-order valence-electron chi connectivity index (χ1n) is 5.33. The number of aliphatic hydroxyl groups is 1. The lowest BCUT2D eigenvalue weighted by atomic mass is 10.1. The summed E-state index contributed by atoms with van der Waals surface area (Å²) in [4.78, 5) is 7.36. The predicted octanol–water partition coefficient (Wildman–Crippen LogP) is 2.03. The highest BCUT2D eigenvalue weighted by molar-refractivity contribution is 6.33. The normalized spacial score (nSPS) is 12.7. The molecule has 0 aliphatic rings. The Kier molecular flexibility index (Phi) is 3.47. The summed E-state index contributed by atoms with van der Waals surface area (Å²) in [5.41, 5.74) is 7.85. The van der Waals surface area contributed by atoms with Gasteiger partial charge < -0.3 is 15.8 Å². The lowest BCUT2D eigenvalue weighted by Crippen LogP contribution is -2.12. The van der Waals surface area contributed by atoms with E-state index in [-0.39, 0.29) is 6.54 Å². The van der Waals surface area contributed by atoms with Gasteiger partial charge >= 0.3 is 0 Å². The van der Waals surface area contributed by atoms with Gasteiger partial charge in [-0.05, 0) is 13.0 Å². The van der Waals surface area contributed by atoms with Crippen molar-refractivity contribution in [2.45, 2.75) is 13.0 Å². The standard InChI is InChI=1S/C12H14ClN3O/c1-7-11(8-4-2-3-5-9(8)13)16-12(15-7)10(17)6-14/h2-5,10,17H,6,14H2,1H3,(H,15,16). The van der Waals surface area contributed by atoms with E-state index in [0.717, 1.165) is 17.0 Å². The van der Waals surface area contributed by atoms with Crippen molar-refractivity contribution in [2.75, 3.05) is 6.54 Å². The van der Waals surface area contributed by atoms with Crippen molar-refractivity contribution in [2.24, 2.45) is 5.73 Å². The molecule has 1 aromatic carbocycles. The average Bonchev–Trinajstić information content (AvgIpc) is 2.71. The minimum absolute atomic E-state index is 0.134. The van der Waals surface area contributed by atoms with Crippen LogP contribution in [0.2, 0.25) is 5.02 Å². The van der Waals surface area contributed by atoms with Gasteiger partial charge in [-0.2, -0.15) is 0 Å². The maximum absolute atomic E-state index is 9.63. The molecule has 4 nitrogen and oxygen atoms in total. The molecule has 0 bridgehead atoms. The van der Waals surface area contributed by atoms with Crippen LogP contribution in [0.25, 0.3) is 11.3 Å². The van der Waals surface area contributed by atoms with E-state index in [0.29, 0.717) is 10.8 Å². The lowest BCUT2D eigenvalue weighted by molar-refractivity contribution is 0.177. The third-order valence-corrected chi connectivity index (χ3v) is 2.90. The Hall–Kier alpha value is -1.36. The van der Waals surface area contributed by atoms with Crippen LogP contribution in [0.15, 0.2) is 24.3 Å². The largest absolute Gasteiger partial charge is 0.384 e. The Morgan fingerprint density at radius 3 is 2.82 bits per heavy atom. The number of aromatic amines is 1. The minimum atomic E-state index is -0.773. The number of aromatic nitrogens is 2. The number of benzene rings is 1. The molecule has 17 heavy (non-hydrogen) atoms. The first kappa shape index (κ1) is 12.1. The number of nitrogens with one attached hydrogen (secondary N) is 1. The fourth-order valence-corrected chi connectivity index (χ4v) is 1.89. The van der Waals surface area contributed by atoms with E-state index in [2.05, 4.69) is 9.97 Å². The van der Waals surface area contributed by atoms with Gasteiger partial charge in [0.25, 0.3) is 0 Å². The zero-order valence-corrected chi connectivity index (χ0v) is 10.2. The zero-order valence-electron chi connectivity index (χ0n) is 9.44. The highest BCUT2D eigenvalue weighted by Crippen LogP contribution is 2.29. The number of hydrogen-bond donors (Lipinski definition) is 3. The minimum Gasteiger partial charge on any atom is -0.384 e. The SMILES string of the molecule is Cc1[nH]c(C(O)CN)nc1-c1ccccc1Cl. The Labute approximate surface area is 104 Å². The quantitative estimate of drug-likeness (QED) is 0.781. The van der Waals surface area contributed by atoms with Crippen LogP contribution in [0.5, 0.6) is 0 Å². The van der Waals surface area contributed by atoms with Crippen LogP contribution in [-0.4, -0.2) is 21.6 Å². The number of halogens is 1. The molecule has 0 saturated heterocycles. The molecule has 4 N–H and O–H groups in total. The second-order valence-electron chi connectivity index (χ2n) is 3.83. The number of hydrogen-bond acceptors (Lipinski definition) is 3. The summed E-state index contributed by atoms with van der Waals surface area (Å²) in [5, 5.41) is 10.3. The smallest absolute Gasteiger partial charge is 0.137 e. The van der Waals surface area contributed by atoms with Crippen LogP contribution < -0.4 is 5.73 Å². The Balaban J connectivity index is 2.47. The summed E-state index contributed by atoms with van der Waals surface area (Å²) >= 11 is 6.11. The molecule has 0 aliphatic heterocycles. The molecule has 0 radical (unpaired) electrons. The van der Waals surface area contributed by atoms with Crippen molar-refractivity contribution in [3.8, 4) is 11.3 Å². The second-order valence-corrected chi connectivity index (χ2v) is 4.23. The van der Waals surface area contributed by atoms with Crippen LogP contribution in [0.1, 0.15) is 17.6 Å². The van der Waals surface area contributed by atoms with Crippen LogP contribution in [0, 0.1) is 6.92 Å². The van der Waals surface area contributed by atoms with Gasteiger partial charge in [0.2, 0.25) is 0 Å². The first-order valence-corrected chi connectivity index (χ1v) is 5.70. The summed E-state index contributed by atoms with van der Waals surface area (Å²) in [6.07, 6.45) is -0.773. The molecular weight excluding hydrogens is 238 g/mol. The van der Waals surface area contributed by atoms with E-state index in [1.54, 1.807) is 0 Å². The summed E-state index contributed by atoms with van der Waals surface area (Å²) in [6, 6.07) is 7.46. The van der Waals surface area contributed by atoms with Crippen molar-refractivity contribution in [3.05, 3.63) is 40.8 Å². The molecule has 1 heterocycles. The summed E-state index contributed by atoms with van der Waals surface area (Å²) in [5.74, 6) is 0.472. The van der Waals surface area contributed by atoms with Crippen LogP contribution in [0.3, 0.4) is 0 Å². The number of rotatable bonds is 3. The van der Waals surface area contributed by atoms with Gasteiger partial charge in [0.15, 0.2) is 0 Å². The number of nitrogens with two attached hydrogens (primary N) is 1.